The van der Waals surface area contributed by atoms with Crippen LogP contribution in [0.1, 0.15) is 32.3 Å². The topological polar surface area (TPSA) is 28.3 Å². The predicted molar refractivity (Wildman–Crippen MR) is 218 cm³/mol. The summed E-state index contributed by atoms with van der Waals surface area (Å²) in [5.74, 6) is 9.39. The smallest absolute Gasteiger partial charge is 0.129 e. The largest absolute Gasteiger partial charge is 0.361 e. The first-order chi connectivity index (χ1) is 22.0. The van der Waals surface area contributed by atoms with E-state index >= 15 is 0 Å². The molecule has 0 spiro atoms. The lowest BCUT2D eigenvalue weighted by molar-refractivity contribution is 0.0901. The monoisotopic (exact) mass is 750 g/mol. The molecule has 0 bridgehead atoms. The van der Waals surface area contributed by atoms with E-state index in [1.165, 1.54) is 33.9 Å². The molecule has 0 N–H and O–H groups in total. The second-order valence-electron chi connectivity index (χ2n) is 15.3. The van der Waals surface area contributed by atoms with Crippen LogP contribution >= 0.6 is 15.9 Å². The maximum atomic E-state index is 5.83. The molecule has 256 valence electrons. The van der Waals surface area contributed by atoms with Gasteiger partial charge in [0.05, 0.1) is 11.0 Å². The Labute approximate surface area is 297 Å². The molecule has 0 amide bonds. The molecule has 0 aliphatic carbocycles. The SMILES string of the molecule is CCC#C[Si](C)(C)C.CCC#Cc1ccc2c(ccn2COCC[Si](C)(C)C)c1.C[Si](C)(C)CCOCn1ccc2cc(Br)ccc21. The van der Waals surface area contributed by atoms with E-state index in [2.05, 4.69) is 182 Å². The molecule has 47 heavy (non-hydrogen) atoms. The quantitative estimate of drug-likeness (QED) is 0.0917. The molecule has 2 heterocycles. The van der Waals surface area contributed by atoms with Crippen molar-refractivity contribution in [3.05, 3.63) is 71.0 Å². The molecule has 2 aromatic carbocycles. The minimum Gasteiger partial charge on any atom is -0.361 e. The second kappa shape index (κ2) is 19.6. The highest BCUT2D eigenvalue weighted by molar-refractivity contribution is 9.10. The van der Waals surface area contributed by atoms with Gasteiger partial charge in [-0.1, -0.05) is 101 Å². The Kier molecular flexibility index (Phi) is 17.1. The van der Waals surface area contributed by atoms with E-state index in [0.717, 1.165) is 36.1 Å². The maximum Gasteiger partial charge on any atom is 0.129 e. The summed E-state index contributed by atoms with van der Waals surface area (Å²) in [6.07, 6.45) is 6.08. The van der Waals surface area contributed by atoms with Crippen molar-refractivity contribution in [2.45, 2.75) is 111 Å². The number of hydrogen-bond acceptors (Lipinski definition) is 2. The summed E-state index contributed by atoms with van der Waals surface area (Å²) in [6, 6.07) is 19.4. The molecule has 2 aromatic heterocycles. The summed E-state index contributed by atoms with van der Waals surface area (Å²) in [5.41, 5.74) is 6.79. The number of nitrogens with zero attached hydrogens (tertiary/aromatic N) is 2. The average molecular weight is 752 g/mol. The minimum atomic E-state index is -1.04. The average Bonchev–Trinajstić information content (AvgIpc) is 3.57. The molecule has 0 fully saturated rings. The van der Waals surface area contributed by atoms with Gasteiger partial charge in [0.2, 0.25) is 0 Å². The highest BCUT2D eigenvalue weighted by atomic mass is 79.9. The van der Waals surface area contributed by atoms with E-state index in [4.69, 9.17) is 9.47 Å². The molecule has 8 heteroatoms. The Morgan fingerprint density at radius 1 is 0.638 bits per heavy atom. The van der Waals surface area contributed by atoms with Crippen molar-refractivity contribution in [1.29, 1.82) is 0 Å². The summed E-state index contributed by atoms with van der Waals surface area (Å²) >= 11 is 3.49. The first kappa shape index (κ1) is 40.9. The normalized spacial score (nSPS) is 11.5. The maximum absolute atomic E-state index is 5.83. The fourth-order valence-electron chi connectivity index (χ4n) is 4.30. The van der Waals surface area contributed by atoms with Crippen molar-refractivity contribution in [2.75, 3.05) is 13.2 Å². The summed E-state index contributed by atoms with van der Waals surface area (Å²) in [7, 11) is -3.02. The van der Waals surface area contributed by atoms with Gasteiger partial charge in [-0.25, -0.2) is 0 Å². The van der Waals surface area contributed by atoms with Crippen LogP contribution in [0.2, 0.25) is 71.0 Å². The van der Waals surface area contributed by atoms with E-state index in [-0.39, 0.29) is 0 Å². The lowest BCUT2D eigenvalue weighted by atomic mass is 10.1. The number of hydrogen-bond donors (Lipinski definition) is 0. The van der Waals surface area contributed by atoms with Crippen LogP contribution < -0.4 is 0 Å². The van der Waals surface area contributed by atoms with Gasteiger partial charge in [0, 0.05) is 75.4 Å². The Bertz CT molecular complexity index is 1650. The first-order valence-electron chi connectivity index (χ1n) is 17.0. The fourth-order valence-corrected chi connectivity index (χ4v) is 6.90. The highest BCUT2D eigenvalue weighted by Gasteiger charge is 2.13. The third kappa shape index (κ3) is 17.1. The summed E-state index contributed by atoms with van der Waals surface area (Å²) in [6.45, 7) is 28.2. The van der Waals surface area contributed by atoms with Crippen molar-refractivity contribution in [3.63, 3.8) is 0 Å². The molecule has 0 aliphatic rings. The van der Waals surface area contributed by atoms with E-state index in [1.807, 2.05) is 0 Å². The summed E-state index contributed by atoms with van der Waals surface area (Å²) in [4.78, 5) is 0. The van der Waals surface area contributed by atoms with Gasteiger partial charge in [-0.2, -0.15) is 0 Å². The van der Waals surface area contributed by atoms with E-state index < -0.39 is 24.2 Å². The van der Waals surface area contributed by atoms with Gasteiger partial charge >= 0.3 is 0 Å². The molecule has 0 unspecified atom stereocenters. The molecule has 0 saturated carbocycles. The summed E-state index contributed by atoms with van der Waals surface area (Å²) in [5, 5.41) is 2.48. The van der Waals surface area contributed by atoms with E-state index in [1.54, 1.807) is 0 Å². The Morgan fingerprint density at radius 2 is 1.13 bits per heavy atom. The molecular formula is C39H59BrN2O2Si3. The van der Waals surface area contributed by atoms with Crippen LogP contribution in [-0.2, 0) is 22.9 Å². The van der Waals surface area contributed by atoms with Crippen LogP contribution in [0.5, 0.6) is 0 Å². The van der Waals surface area contributed by atoms with Crippen LogP contribution in [-0.4, -0.2) is 46.6 Å². The summed E-state index contributed by atoms with van der Waals surface area (Å²) < 4.78 is 17.0. The highest BCUT2D eigenvalue weighted by Crippen LogP contribution is 2.21. The Balaban J connectivity index is 0.000000269. The van der Waals surface area contributed by atoms with Gasteiger partial charge in [-0.3, -0.25) is 0 Å². The van der Waals surface area contributed by atoms with Gasteiger partial charge in [-0.05, 0) is 60.6 Å². The minimum absolute atomic E-state index is 0.633. The third-order valence-electron chi connectivity index (χ3n) is 7.01. The van der Waals surface area contributed by atoms with Crippen molar-refractivity contribution < 1.29 is 9.47 Å². The van der Waals surface area contributed by atoms with Crippen molar-refractivity contribution in [2.24, 2.45) is 0 Å². The number of aromatic nitrogens is 2. The number of halogens is 1. The van der Waals surface area contributed by atoms with Gasteiger partial charge in [-0.15, -0.1) is 11.5 Å². The predicted octanol–water partition coefficient (Wildman–Crippen LogP) is 11.7. The molecule has 0 saturated heterocycles. The Morgan fingerprint density at radius 3 is 1.57 bits per heavy atom. The zero-order chi connectivity index (χ0) is 35.1. The van der Waals surface area contributed by atoms with Crippen molar-refractivity contribution in [3.8, 4) is 23.3 Å². The number of ether oxygens (including phenoxy) is 2. The van der Waals surface area contributed by atoms with E-state index in [9.17, 15) is 0 Å². The molecule has 0 aliphatic heterocycles. The molecule has 4 nitrogen and oxygen atoms in total. The molecule has 4 rings (SSSR count). The van der Waals surface area contributed by atoms with Gasteiger partial charge in [0.15, 0.2) is 0 Å². The first-order valence-corrected chi connectivity index (χ1v) is 28.7. The number of benzene rings is 2. The van der Waals surface area contributed by atoms with Gasteiger partial charge < -0.3 is 18.6 Å². The second-order valence-corrected chi connectivity index (χ2v) is 32.2. The third-order valence-corrected chi connectivity index (χ3v) is 11.8. The van der Waals surface area contributed by atoms with Crippen LogP contribution in [0.15, 0.2) is 65.4 Å². The lowest BCUT2D eigenvalue weighted by Crippen LogP contribution is -2.21. The lowest BCUT2D eigenvalue weighted by Gasteiger charge is -2.15. The molecule has 0 radical (unpaired) electrons. The molecule has 0 atom stereocenters. The number of rotatable bonds is 10. The van der Waals surface area contributed by atoms with Crippen LogP contribution in [0.25, 0.3) is 21.8 Å². The van der Waals surface area contributed by atoms with Crippen molar-refractivity contribution in [1.82, 2.24) is 9.13 Å². The Hall–Kier alpha value is -2.31. The number of fused-ring (bicyclic) bond motifs is 2. The zero-order valence-electron chi connectivity index (χ0n) is 31.0. The van der Waals surface area contributed by atoms with Crippen LogP contribution in [0, 0.1) is 23.3 Å². The van der Waals surface area contributed by atoms with E-state index in [0.29, 0.717) is 13.5 Å². The van der Waals surface area contributed by atoms with Crippen molar-refractivity contribution >= 4 is 62.0 Å². The van der Waals surface area contributed by atoms with Crippen LogP contribution in [0.4, 0.5) is 0 Å². The molecular weight excluding hydrogens is 693 g/mol. The van der Waals surface area contributed by atoms with Gasteiger partial charge in [0.1, 0.15) is 21.5 Å². The fraction of sp³-hybridized carbons (Fsp3) is 0.487. The van der Waals surface area contributed by atoms with Crippen LogP contribution in [0.3, 0.4) is 0 Å². The molecule has 4 aromatic rings. The van der Waals surface area contributed by atoms with Gasteiger partial charge in [0.25, 0.3) is 0 Å². The zero-order valence-corrected chi connectivity index (χ0v) is 35.6. The standard InChI is InChI=1S/C18H25NOSi.C14H20BrNOSi.C7H14Si/c1-5-6-7-16-8-9-18-17(14-16)10-11-19(18)15-20-12-13-21(2,3)4;1-18(2,3)9-8-17-11-16-7-6-12-10-13(15)4-5-14(12)16;1-5-6-7-8(2,3)4/h8-11,14H,5,12-13,15H2,1-4H3;4-7,10H,8-9,11H2,1-3H3;5H2,1-4H3.